The fourth-order valence-electron chi connectivity index (χ4n) is 3.02. The molecule has 0 unspecified atom stereocenters. The van der Waals surface area contributed by atoms with Crippen LogP contribution < -0.4 is 4.74 Å². The number of carbonyl (C=O) groups excluding carboxylic acids is 1. The van der Waals surface area contributed by atoms with Crippen molar-refractivity contribution in [2.24, 2.45) is 0 Å². The van der Waals surface area contributed by atoms with E-state index in [0.29, 0.717) is 6.42 Å². The van der Waals surface area contributed by atoms with E-state index >= 15 is 0 Å². The molecule has 26 heavy (non-hydrogen) atoms. The molecular formula is C21H19NO2S2. The Kier molecular flexibility index (Phi) is 5.27. The van der Waals surface area contributed by atoms with Crippen molar-refractivity contribution in [1.29, 1.82) is 0 Å². The minimum absolute atomic E-state index is 0.0572. The van der Waals surface area contributed by atoms with E-state index in [-0.39, 0.29) is 11.3 Å². The molecule has 132 valence electrons. The Hall–Kier alpha value is -2.24. The highest BCUT2D eigenvalue weighted by Gasteiger charge is 2.30. The number of para-hydroxylation sites is 1. The van der Waals surface area contributed by atoms with E-state index in [1.165, 1.54) is 0 Å². The summed E-state index contributed by atoms with van der Waals surface area (Å²) in [5.41, 5.74) is 1.11. The van der Waals surface area contributed by atoms with Gasteiger partial charge in [0.05, 0.1) is 6.42 Å². The molecule has 0 N–H and O–H groups in total. The summed E-state index contributed by atoms with van der Waals surface area (Å²) < 4.78 is 5.95. The lowest BCUT2D eigenvalue weighted by atomic mass is 10.2. The van der Waals surface area contributed by atoms with Gasteiger partial charge in [-0.2, -0.15) is 0 Å². The number of hydrogen-bond donors (Lipinski definition) is 0. The summed E-state index contributed by atoms with van der Waals surface area (Å²) in [6.45, 7) is 0.795. The molecule has 0 bridgehead atoms. The molecule has 0 saturated carbocycles. The van der Waals surface area contributed by atoms with Crippen LogP contribution in [0.5, 0.6) is 11.5 Å². The normalized spacial score (nSPS) is 16.6. The van der Waals surface area contributed by atoms with Gasteiger partial charge in [0.25, 0.3) is 0 Å². The van der Waals surface area contributed by atoms with Gasteiger partial charge >= 0.3 is 0 Å². The predicted octanol–water partition coefficient (Wildman–Crippen LogP) is 5.36. The number of benzene rings is 2. The first-order valence-electron chi connectivity index (χ1n) is 8.56. The molecular weight excluding hydrogens is 362 g/mol. The van der Waals surface area contributed by atoms with Crippen molar-refractivity contribution in [3.63, 3.8) is 0 Å². The van der Waals surface area contributed by atoms with Crippen LogP contribution in [0.1, 0.15) is 15.8 Å². The van der Waals surface area contributed by atoms with E-state index in [1.54, 1.807) is 11.3 Å². The van der Waals surface area contributed by atoms with Gasteiger partial charge in [0.1, 0.15) is 16.9 Å². The SMILES string of the molecule is O=C(Cc1cccs1)N1CCS[C@H]1c1cccc(Oc2ccccc2)c1. The molecule has 3 aromatic rings. The van der Waals surface area contributed by atoms with E-state index < -0.39 is 0 Å². The first-order valence-corrected chi connectivity index (χ1v) is 10.5. The molecule has 3 nitrogen and oxygen atoms in total. The zero-order chi connectivity index (χ0) is 17.8. The summed E-state index contributed by atoms with van der Waals surface area (Å²) in [6.07, 6.45) is 0.481. The van der Waals surface area contributed by atoms with Gasteiger partial charge in [-0.3, -0.25) is 4.79 Å². The van der Waals surface area contributed by atoms with Crippen LogP contribution in [0.15, 0.2) is 72.1 Å². The third kappa shape index (κ3) is 3.94. The van der Waals surface area contributed by atoms with Crippen LogP contribution in [0.25, 0.3) is 0 Å². The molecule has 1 atom stereocenters. The average Bonchev–Trinajstić information content (AvgIpc) is 3.34. The minimum atomic E-state index is 0.0572. The highest BCUT2D eigenvalue weighted by molar-refractivity contribution is 7.99. The molecule has 1 aromatic heterocycles. The topological polar surface area (TPSA) is 29.5 Å². The Labute approximate surface area is 161 Å². The molecule has 2 heterocycles. The molecule has 2 aromatic carbocycles. The second kappa shape index (κ2) is 7.98. The van der Waals surface area contributed by atoms with Crippen LogP contribution in [0.2, 0.25) is 0 Å². The molecule has 1 aliphatic rings. The van der Waals surface area contributed by atoms with Crippen molar-refractivity contribution in [3.8, 4) is 11.5 Å². The molecule has 1 aliphatic heterocycles. The summed E-state index contributed by atoms with van der Waals surface area (Å²) in [4.78, 5) is 15.9. The standard InChI is InChI=1S/C21H19NO2S2/c23-20(15-19-10-5-12-25-19)22-11-13-26-21(22)16-6-4-9-18(14-16)24-17-7-2-1-3-8-17/h1-10,12,14,21H,11,13,15H2/t21-/m0/s1. The summed E-state index contributed by atoms with van der Waals surface area (Å²) in [5.74, 6) is 2.77. The van der Waals surface area contributed by atoms with Crippen molar-refractivity contribution in [2.75, 3.05) is 12.3 Å². The monoisotopic (exact) mass is 381 g/mol. The molecule has 0 radical (unpaired) electrons. The number of rotatable bonds is 5. The van der Waals surface area contributed by atoms with Crippen molar-refractivity contribution in [1.82, 2.24) is 4.90 Å². The highest BCUT2D eigenvalue weighted by Crippen LogP contribution is 2.39. The number of hydrogen-bond acceptors (Lipinski definition) is 4. The smallest absolute Gasteiger partial charge is 0.229 e. The summed E-state index contributed by atoms with van der Waals surface area (Å²) in [7, 11) is 0. The Morgan fingerprint density at radius 3 is 2.69 bits per heavy atom. The van der Waals surface area contributed by atoms with Gasteiger partial charge in [-0.25, -0.2) is 0 Å². The molecule has 0 spiro atoms. The van der Waals surface area contributed by atoms with E-state index in [1.807, 2.05) is 82.7 Å². The third-order valence-corrected chi connectivity index (χ3v) is 6.38. The minimum Gasteiger partial charge on any atom is -0.457 e. The zero-order valence-corrected chi connectivity index (χ0v) is 15.8. The lowest BCUT2D eigenvalue weighted by Crippen LogP contribution is -2.31. The van der Waals surface area contributed by atoms with E-state index in [2.05, 4.69) is 6.07 Å². The fraction of sp³-hybridized carbons (Fsp3) is 0.190. The van der Waals surface area contributed by atoms with Gasteiger partial charge in [0, 0.05) is 17.2 Å². The fourth-order valence-corrected chi connectivity index (χ4v) is 4.98. The van der Waals surface area contributed by atoms with Crippen LogP contribution in [-0.4, -0.2) is 23.1 Å². The van der Waals surface area contributed by atoms with Gasteiger partial charge < -0.3 is 9.64 Å². The van der Waals surface area contributed by atoms with Crippen LogP contribution in [0.3, 0.4) is 0 Å². The lowest BCUT2D eigenvalue weighted by Gasteiger charge is -2.24. The predicted molar refractivity (Wildman–Crippen MR) is 108 cm³/mol. The van der Waals surface area contributed by atoms with Gasteiger partial charge in [0.2, 0.25) is 5.91 Å². The Bertz CT molecular complexity index is 865. The van der Waals surface area contributed by atoms with Gasteiger partial charge in [0.15, 0.2) is 0 Å². The zero-order valence-electron chi connectivity index (χ0n) is 14.2. The first kappa shape index (κ1) is 17.2. The molecule has 1 saturated heterocycles. The number of ether oxygens (including phenoxy) is 1. The van der Waals surface area contributed by atoms with Crippen LogP contribution in [0, 0.1) is 0 Å². The van der Waals surface area contributed by atoms with Crippen molar-refractivity contribution in [3.05, 3.63) is 82.6 Å². The average molecular weight is 382 g/mol. The molecule has 5 heteroatoms. The maximum absolute atomic E-state index is 12.8. The van der Waals surface area contributed by atoms with E-state index in [4.69, 9.17) is 4.74 Å². The van der Waals surface area contributed by atoms with Gasteiger partial charge in [-0.1, -0.05) is 36.4 Å². The second-order valence-electron chi connectivity index (χ2n) is 6.05. The molecule has 0 aliphatic carbocycles. The van der Waals surface area contributed by atoms with Crippen LogP contribution in [0.4, 0.5) is 0 Å². The van der Waals surface area contributed by atoms with E-state index in [0.717, 1.165) is 34.2 Å². The van der Waals surface area contributed by atoms with Crippen molar-refractivity contribution >= 4 is 29.0 Å². The second-order valence-corrected chi connectivity index (χ2v) is 8.27. The third-order valence-electron chi connectivity index (χ3n) is 4.24. The highest BCUT2D eigenvalue weighted by atomic mass is 32.2. The van der Waals surface area contributed by atoms with Crippen LogP contribution in [-0.2, 0) is 11.2 Å². The van der Waals surface area contributed by atoms with Crippen LogP contribution >= 0.6 is 23.1 Å². The molecule has 1 amide bonds. The Morgan fingerprint density at radius 2 is 1.88 bits per heavy atom. The number of thioether (sulfide) groups is 1. The number of amides is 1. The van der Waals surface area contributed by atoms with E-state index in [9.17, 15) is 4.79 Å². The molecule has 4 rings (SSSR count). The van der Waals surface area contributed by atoms with Crippen molar-refractivity contribution in [2.45, 2.75) is 11.8 Å². The number of thiophene rings is 1. The largest absolute Gasteiger partial charge is 0.457 e. The molecule has 1 fully saturated rings. The van der Waals surface area contributed by atoms with Gasteiger partial charge in [-0.05, 0) is 41.3 Å². The quantitative estimate of drug-likeness (QED) is 0.596. The summed E-state index contributed by atoms with van der Waals surface area (Å²) >= 11 is 3.45. The lowest BCUT2D eigenvalue weighted by molar-refractivity contribution is -0.130. The Balaban J connectivity index is 1.50. The number of carbonyl (C=O) groups is 1. The summed E-state index contributed by atoms with van der Waals surface area (Å²) in [6, 6.07) is 21.8. The summed E-state index contributed by atoms with van der Waals surface area (Å²) in [5, 5.41) is 2.07. The number of nitrogens with zero attached hydrogens (tertiary/aromatic N) is 1. The first-order chi connectivity index (χ1) is 12.8. The maximum atomic E-state index is 12.8. The Morgan fingerprint density at radius 1 is 1.04 bits per heavy atom. The maximum Gasteiger partial charge on any atom is 0.229 e. The van der Waals surface area contributed by atoms with Gasteiger partial charge in [-0.15, -0.1) is 23.1 Å². The van der Waals surface area contributed by atoms with Crippen molar-refractivity contribution < 1.29 is 9.53 Å².